The van der Waals surface area contributed by atoms with Crippen LogP contribution in [-0.2, 0) is 9.59 Å². The van der Waals surface area contributed by atoms with Crippen molar-refractivity contribution < 1.29 is 19.8 Å². The topological polar surface area (TPSA) is 77.8 Å². The fourth-order valence-electron chi connectivity index (χ4n) is 2.03. The maximum Gasteiger partial charge on any atom is 0.324 e. The van der Waals surface area contributed by atoms with Crippen LogP contribution < -0.4 is 0 Å². The van der Waals surface area contributed by atoms with E-state index in [0.29, 0.717) is 12.8 Å². The van der Waals surface area contributed by atoms with Gasteiger partial charge in [-0.3, -0.25) is 14.5 Å². The molecule has 0 bridgehead atoms. The summed E-state index contributed by atoms with van der Waals surface area (Å²) in [6.45, 7) is 0. The molecule has 14 heavy (non-hydrogen) atoms. The summed E-state index contributed by atoms with van der Waals surface area (Å²) in [5.74, 6) is -2.34. The normalized spacial score (nSPS) is 32.1. The zero-order chi connectivity index (χ0) is 10.9. The van der Waals surface area contributed by atoms with Gasteiger partial charge in [0.15, 0.2) is 0 Å². The third-order valence-corrected chi connectivity index (χ3v) is 3.09. The van der Waals surface area contributed by atoms with Gasteiger partial charge in [-0.25, -0.2) is 0 Å². The van der Waals surface area contributed by atoms with Crippen LogP contribution in [0.1, 0.15) is 19.3 Å². The van der Waals surface area contributed by atoms with Gasteiger partial charge in [0, 0.05) is 0 Å². The molecule has 1 fully saturated rings. The number of hydrogen-bond acceptors (Lipinski definition) is 3. The van der Waals surface area contributed by atoms with Crippen molar-refractivity contribution in [1.82, 2.24) is 4.90 Å². The largest absolute Gasteiger partial charge is 0.481 e. The average molecular weight is 201 g/mol. The highest BCUT2D eigenvalue weighted by Gasteiger charge is 2.49. The summed E-state index contributed by atoms with van der Waals surface area (Å²) in [5.41, 5.74) is -0.983. The molecule has 0 spiro atoms. The first-order valence-electron chi connectivity index (χ1n) is 4.54. The summed E-state index contributed by atoms with van der Waals surface area (Å²) in [6.07, 6.45) is 1.05. The van der Waals surface area contributed by atoms with E-state index < -0.39 is 23.4 Å². The van der Waals surface area contributed by atoms with Gasteiger partial charge in [0.25, 0.3) is 0 Å². The van der Waals surface area contributed by atoms with Gasteiger partial charge in [0.2, 0.25) is 0 Å². The molecule has 1 rings (SSSR count). The zero-order valence-corrected chi connectivity index (χ0v) is 8.36. The summed E-state index contributed by atoms with van der Waals surface area (Å²) >= 11 is 0. The van der Waals surface area contributed by atoms with Gasteiger partial charge in [0.05, 0.1) is 5.92 Å². The van der Waals surface area contributed by atoms with Gasteiger partial charge >= 0.3 is 11.9 Å². The van der Waals surface area contributed by atoms with Crippen molar-refractivity contribution >= 4 is 11.9 Å². The van der Waals surface area contributed by atoms with Crippen LogP contribution in [0.5, 0.6) is 0 Å². The van der Waals surface area contributed by atoms with Gasteiger partial charge in [-0.2, -0.15) is 0 Å². The maximum atomic E-state index is 11.1. The average Bonchev–Trinajstić information content (AvgIpc) is 2.48. The molecule has 0 saturated heterocycles. The van der Waals surface area contributed by atoms with Gasteiger partial charge in [0.1, 0.15) is 5.54 Å². The fraction of sp³-hybridized carbons (Fsp3) is 0.778. The Morgan fingerprint density at radius 3 is 2.14 bits per heavy atom. The lowest BCUT2D eigenvalue weighted by atomic mass is 9.95. The first-order valence-corrected chi connectivity index (χ1v) is 4.54. The van der Waals surface area contributed by atoms with Gasteiger partial charge in [-0.05, 0) is 33.4 Å². The minimum absolute atomic E-state index is 0.199. The molecule has 1 aliphatic carbocycles. The van der Waals surface area contributed by atoms with Crippen molar-refractivity contribution in [2.45, 2.75) is 24.8 Å². The van der Waals surface area contributed by atoms with E-state index in [9.17, 15) is 9.59 Å². The van der Waals surface area contributed by atoms with Crippen molar-refractivity contribution in [1.29, 1.82) is 0 Å². The third-order valence-electron chi connectivity index (χ3n) is 3.09. The second-order valence-corrected chi connectivity index (χ2v) is 4.01. The summed E-state index contributed by atoms with van der Waals surface area (Å²) in [6, 6.07) is 0. The fourth-order valence-corrected chi connectivity index (χ4v) is 2.03. The molecule has 0 aromatic carbocycles. The van der Waals surface area contributed by atoms with E-state index in [1.54, 1.807) is 19.0 Å². The lowest BCUT2D eigenvalue weighted by molar-refractivity contribution is -0.150. The molecule has 1 saturated carbocycles. The molecule has 80 valence electrons. The molecular weight excluding hydrogens is 186 g/mol. The number of likely N-dealkylation sites (N-methyl/N-ethyl adjacent to an activating group) is 1. The summed E-state index contributed by atoms with van der Waals surface area (Å²) in [5, 5.41) is 17.9. The third kappa shape index (κ3) is 1.59. The Balaban J connectivity index is 2.85. The molecule has 0 aromatic heterocycles. The summed E-state index contributed by atoms with van der Waals surface area (Å²) < 4.78 is 0. The molecule has 5 heteroatoms. The molecule has 0 heterocycles. The number of rotatable bonds is 3. The van der Waals surface area contributed by atoms with E-state index in [4.69, 9.17) is 10.2 Å². The van der Waals surface area contributed by atoms with Gasteiger partial charge in [-0.15, -0.1) is 0 Å². The number of carboxylic acids is 2. The van der Waals surface area contributed by atoms with Crippen molar-refractivity contribution in [3.8, 4) is 0 Å². The van der Waals surface area contributed by atoms with Crippen LogP contribution in [0.15, 0.2) is 0 Å². The summed E-state index contributed by atoms with van der Waals surface area (Å²) in [4.78, 5) is 23.4. The van der Waals surface area contributed by atoms with E-state index in [0.717, 1.165) is 0 Å². The number of carbonyl (C=O) groups is 2. The summed E-state index contributed by atoms with van der Waals surface area (Å²) in [7, 11) is 3.36. The van der Waals surface area contributed by atoms with Crippen molar-refractivity contribution in [3.05, 3.63) is 0 Å². The van der Waals surface area contributed by atoms with Crippen LogP contribution in [0.3, 0.4) is 0 Å². The number of hydrogen-bond donors (Lipinski definition) is 2. The highest BCUT2D eigenvalue weighted by atomic mass is 16.4. The van der Waals surface area contributed by atoms with Crippen LogP contribution in [0.25, 0.3) is 0 Å². The SMILES string of the molecule is CN(C)[C@@]1(C(=O)O)CC[C@H](C(=O)O)C1. The first-order chi connectivity index (χ1) is 6.40. The second-order valence-electron chi connectivity index (χ2n) is 4.01. The minimum atomic E-state index is -0.983. The first kappa shape index (κ1) is 11.0. The van der Waals surface area contributed by atoms with Crippen LogP contribution in [0.4, 0.5) is 0 Å². The Morgan fingerprint density at radius 2 is 1.93 bits per heavy atom. The molecular formula is C9H15NO4. The van der Waals surface area contributed by atoms with Crippen LogP contribution >= 0.6 is 0 Å². The van der Waals surface area contributed by atoms with E-state index >= 15 is 0 Å². The molecule has 2 N–H and O–H groups in total. The highest BCUT2D eigenvalue weighted by Crippen LogP contribution is 2.38. The van der Waals surface area contributed by atoms with E-state index in [1.807, 2.05) is 0 Å². The lowest BCUT2D eigenvalue weighted by Gasteiger charge is -2.31. The Bertz CT molecular complexity index is 264. The minimum Gasteiger partial charge on any atom is -0.481 e. The van der Waals surface area contributed by atoms with Crippen LogP contribution in [-0.4, -0.2) is 46.7 Å². The van der Waals surface area contributed by atoms with Crippen molar-refractivity contribution in [3.63, 3.8) is 0 Å². The second kappa shape index (κ2) is 3.57. The Hall–Kier alpha value is -1.10. The van der Waals surface area contributed by atoms with Crippen LogP contribution in [0.2, 0.25) is 0 Å². The Labute approximate surface area is 82.3 Å². The molecule has 0 amide bonds. The van der Waals surface area contributed by atoms with E-state index in [2.05, 4.69) is 0 Å². The number of nitrogens with zero attached hydrogens (tertiary/aromatic N) is 1. The predicted molar refractivity (Wildman–Crippen MR) is 49.0 cm³/mol. The van der Waals surface area contributed by atoms with E-state index in [-0.39, 0.29) is 6.42 Å². The molecule has 5 nitrogen and oxygen atoms in total. The monoisotopic (exact) mass is 201 g/mol. The molecule has 0 aliphatic heterocycles. The Kier molecular flexibility index (Phi) is 2.80. The molecule has 0 unspecified atom stereocenters. The standard InChI is InChI=1S/C9H15NO4/c1-10(2)9(8(13)14)4-3-6(5-9)7(11)12/h6H,3-5H2,1-2H3,(H,11,12)(H,13,14)/t6-,9-/m0/s1. The highest BCUT2D eigenvalue weighted by molar-refractivity contribution is 5.81. The predicted octanol–water partition coefficient (Wildman–Crippen LogP) is 0.256. The molecule has 2 atom stereocenters. The Morgan fingerprint density at radius 1 is 1.36 bits per heavy atom. The van der Waals surface area contributed by atoms with Crippen LogP contribution in [0, 0.1) is 5.92 Å². The quantitative estimate of drug-likeness (QED) is 0.684. The number of aliphatic carboxylic acids is 2. The maximum absolute atomic E-state index is 11.1. The van der Waals surface area contributed by atoms with Gasteiger partial charge < -0.3 is 10.2 Å². The lowest BCUT2D eigenvalue weighted by Crippen LogP contribution is -2.49. The molecule has 0 radical (unpaired) electrons. The van der Waals surface area contributed by atoms with E-state index in [1.165, 1.54) is 0 Å². The van der Waals surface area contributed by atoms with Crippen molar-refractivity contribution in [2.75, 3.05) is 14.1 Å². The van der Waals surface area contributed by atoms with Gasteiger partial charge in [-0.1, -0.05) is 0 Å². The smallest absolute Gasteiger partial charge is 0.324 e. The molecule has 0 aromatic rings. The molecule has 1 aliphatic rings. The zero-order valence-electron chi connectivity index (χ0n) is 8.36. The number of carboxylic acid groups (broad SMARTS) is 2. The van der Waals surface area contributed by atoms with Crippen molar-refractivity contribution in [2.24, 2.45) is 5.92 Å².